The third-order valence-corrected chi connectivity index (χ3v) is 7.41. The van der Waals surface area contributed by atoms with Crippen molar-refractivity contribution in [1.29, 1.82) is 5.26 Å². The first-order valence-electron chi connectivity index (χ1n) is 10.0. The number of hydrogen-bond donors (Lipinski definition) is 1. The molecule has 0 bridgehead atoms. The summed E-state index contributed by atoms with van der Waals surface area (Å²) in [5.74, 6) is 0. The maximum Gasteiger partial charge on any atom is 0.242 e. The fraction of sp³-hybridized carbons (Fsp3) is 0.208. The van der Waals surface area contributed by atoms with Gasteiger partial charge < -0.3 is 0 Å². The molecule has 0 spiro atoms. The van der Waals surface area contributed by atoms with Gasteiger partial charge >= 0.3 is 0 Å². The topological polar surface area (TPSA) is 73.2 Å². The van der Waals surface area contributed by atoms with Crippen molar-refractivity contribution in [2.24, 2.45) is 0 Å². The van der Waals surface area contributed by atoms with Gasteiger partial charge in [-0.1, -0.05) is 66.2 Å². The van der Waals surface area contributed by atoms with Crippen LogP contribution in [-0.2, 0) is 16.6 Å². The Labute approximate surface area is 187 Å². The van der Waals surface area contributed by atoms with Crippen molar-refractivity contribution in [3.63, 3.8) is 0 Å². The van der Waals surface area contributed by atoms with Gasteiger partial charge in [0.15, 0.2) is 0 Å². The van der Waals surface area contributed by atoms with E-state index in [0.29, 0.717) is 6.54 Å². The van der Waals surface area contributed by atoms with Crippen LogP contribution >= 0.6 is 11.6 Å². The second kappa shape index (κ2) is 9.21. The molecule has 1 heterocycles. The average Bonchev–Trinajstić information content (AvgIpc) is 3.21. The highest BCUT2D eigenvalue weighted by Crippen LogP contribution is 2.24. The SMILES string of the molecule is N#Cc1ccc(Cl)c(S(=O)(=O)NC2CCN(Cc3ccc(-c4ccccc4)cc3)C2)c1. The predicted molar refractivity (Wildman–Crippen MR) is 122 cm³/mol. The van der Waals surface area contributed by atoms with Gasteiger partial charge in [0.2, 0.25) is 10.0 Å². The highest BCUT2D eigenvalue weighted by atomic mass is 35.5. The van der Waals surface area contributed by atoms with Crippen LogP contribution in [0.5, 0.6) is 0 Å². The molecule has 1 saturated heterocycles. The molecule has 4 rings (SSSR count). The summed E-state index contributed by atoms with van der Waals surface area (Å²) >= 11 is 6.08. The van der Waals surface area contributed by atoms with Crippen LogP contribution in [0.3, 0.4) is 0 Å². The molecule has 0 aromatic heterocycles. The first-order chi connectivity index (χ1) is 14.9. The molecule has 1 aliphatic heterocycles. The van der Waals surface area contributed by atoms with E-state index in [2.05, 4.69) is 46.0 Å². The molecule has 7 heteroatoms. The van der Waals surface area contributed by atoms with Crippen LogP contribution < -0.4 is 4.72 Å². The highest BCUT2D eigenvalue weighted by molar-refractivity contribution is 7.89. The number of sulfonamides is 1. The Morgan fingerprint density at radius 3 is 2.45 bits per heavy atom. The molecule has 1 N–H and O–H groups in total. The summed E-state index contributed by atoms with van der Waals surface area (Å²) in [6, 6.07) is 24.7. The molecule has 3 aromatic rings. The van der Waals surface area contributed by atoms with E-state index in [0.717, 1.165) is 19.5 Å². The molecule has 1 fully saturated rings. The maximum absolute atomic E-state index is 12.8. The van der Waals surface area contributed by atoms with Crippen molar-refractivity contribution in [3.05, 3.63) is 88.9 Å². The van der Waals surface area contributed by atoms with E-state index in [4.69, 9.17) is 16.9 Å². The molecule has 1 aliphatic rings. The monoisotopic (exact) mass is 451 g/mol. The van der Waals surface area contributed by atoms with Crippen LogP contribution in [0.15, 0.2) is 77.7 Å². The number of nitrogens with one attached hydrogen (secondary N) is 1. The standard InChI is InChI=1S/C24H22ClN3O2S/c25-23-11-8-19(15-26)14-24(23)31(29,30)27-22-12-13-28(17-22)16-18-6-9-21(10-7-18)20-4-2-1-3-5-20/h1-11,14,22,27H,12-13,16-17H2. The molecule has 0 aliphatic carbocycles. The van der Waals surface area contributed by atoms with E-state index >= 15 is 0 Å². The minimum Gasteiger partial charge on any atom is -0.297 e. The van der Waals surface area contributed by atoms with Crippen LogP contribution in [0.25, 0.3) is 11.1 Å². The Hall–Kier alpha value is -2.69. The van der Waals surface area contributed by atoms with Crippen LogP contribution in [-0.4, -0.2) is 32.4 Å². The van der Waals surface area contributed by atoms with Crippen molar-refractivity contribution in [2.45, 2.75) is 23.9 Å². The number of hydrogen-bond acceptors (Lipinski definition) is 4. The lowest BCUT2D eigenvalue weighted by atomic mass is 10.0. The van der Waals surface area contributed by atoms with E-state index in [1.54, 1.807) is 0 Å². The Bertz CT molecular complexity index is 1210. The number of rotatable bonds is 6. The minimum absolute atomic E-state index is 0.0526. The molecule has 1 atom stereocenters. The van der Waals surface area contributed by atoms with Gasteiger partial charge in [-0.2, -0.15) is 5.26 Å². The summed E-state index contributed by atoms with van der Waals surface area (Å²) in [4.78, 5) is 2.18. The van der Waals surface area contributed by atoms with Crippen LogP contribution in [0, 0.1) is 11.3 Å². The minimum atomic E-state index is -3.80. The smallest absolute Gasteiger partial charge is 0.242 e. The van der Waals surface area contributed by atoms with Crippen molar-refractivity contribution in [2.75, 3.05) is 13.1 Å². The molecular formula is C24H22ClN3O2S. The Kier molecular flexibility index (Phi) is 6.40. The molecule has 0 radical (unpaired) electrons. The van der Waals surface area contributed by atoms with E-state index in [9.17, 15) is 8.42 Å². The van der Waals surface area contributed by atoms with Gasteiger partial charge in [-0.25, -0.2) is 13.1 Å². The third-order valence-electron chi connectivity index (χ3n) is 5.41. The fourth-order valence-electron chi connectivity index (χ4n) is 3.83. The average molecular weight is 452 g/mol. The second-order valence-electron chi connectivity index (χ2n) is 7.66. The number of nitrogens with zero attached hydrogens (tertiary/aromatic N) is 2. The summed E-state index contributed by atoms with van der Waals surface area (Å²) in [7, 11) is -3.80. The van der Waals surface area contributed by atoms with Crippen molar-refractivity contribution >= 4 is 21.6 Å². The Morgan fingerprint density at radius 1 is 1.03 bits per heavy atom. The lowest BCUT2D eigenvalue weighted by Crippen LogP contribution is -2.37. The molecule has 158 valence electrons. The first-order valence-corrected chi connectivity index (χ1v) is 11.9. The summed E-state index contributed by atoms with van der Waals surface area (Å²) in [6.45, 7) is 2.19. The van der Waals surface area contributed by atoms with E-state index < -0.39 is 10.0 Å². The van der Waals surface area contributed by atoms with Gasteiger partial charge in [0.05, 0.1) is 16.7 Å². The maximum atomic E-state index is 12.8. The zero-order valence-corrected chi connectivity index (χ0v) is 18.4. The lowest BCUT2D eigenvalue weighted by molar-refractivity contribution is 0.324. The largest absolute Gasteiger partial charge is 0.297 e. The van der Waals surface area contributed by atoms with Crippen molar-refractivity contribution in [3.8, 4) is 17.2 Å². The summed E-state index contributed by atoms with van der Waals surface area (Å²) < 4.78 is 28.3. The number of benzene rings is 3. The molecular weight excluding hydrogens is 430 g/mol. The van der Waals surface area contributed by atoms with Crippen LogP contribution in [0.1, 0.15) is 17.5 Å². The highest BCUT2D eigenvalue weighted by Gasteiger charge is 2.28. The number of likely N-dealkylation sites (tertiary alicyclic amines) is 1. The summed E-state index contributed by atoms with van der Waals surface area (Å²) in [5.41, 5.74) is 3.81. The predicted octanol–water partition coefficient (Wildman–Crippen LogP) is 4.43. The van der Waals surface area contributed by atoms with E-state index in [1.165, 1.54) is 34.9 Å². The van der Waals surface area contributed by atoms with Gasteiger partial charge in [0.1, 0.15) is 4.90 Å². The van der Waals surface area contributed by atoms with Gasteiger partial charge in [0.25, 0.3) is 0 Å². The quantitative estimate of drug-likeness (QED) is 0.601. The Morgan fingerprint density at radius 2 is 1.74 bits per heavy atom. The molecule has 1 unspecified atom stereocenters. The second-order valence-corrected chi connectivity index (χ2v) is 9.75. The molecule has 3 aromatic carbocycles. The zero-order valence-electron chi connectivity index (χ0n) is 16.8. The summed E-state index contributed by atoms with van der Waals surface area (Å²) in [5, 5.41) is 9.16. The summed E-state index contributed by atoms with van der Waals surface area (Å²) in [6.07, 6.45) is 0.719. The molecule has 0 amide bonds. The van der Waals surface area contributed by atoms with Crippen LogP contribution in [0.2, 0.25) is 5.02 Å². The zero-order chi connectivity index (χ0) is 21.8. The third kappa shape index (κ3) is 5.15. The molecule has 31 heavy (non-hydrogen) atoms. The molecule has 0 saturated carbocycles. The van der Waals surface area contributed by atoms with Gasteiger partial charge in [-0.15, -0.1) is 0 Å². The van der Waals surface area contributed by atoms with Crippen molar-refractivity contribution in [1.82, 2.24) is 9.62 Å². The fourth-order valence-corrected chi connectivity index (χ4v) is 5.61. The molecule has 5 nitrogen and oxygen atoms in total. The van der Waals surface area contributed by atoms with Gasteiger partial charge in [-0.05, 0) is 41.3 Å². The number of nitriles is 1. The van der Waals surface area contributed by atoms with Gasteiger partial charge in [-0.3, -0.25) is 4.90 Å². The van der Waals surface area contributed by atoms with Crippen molar-refractivity contribution < 1.29 is 8.42 Å². The van der Waals surface area contributed by atoms with Crippen LogP contribution in [0.4, 0.5) is 0 Å². The lowest BCUT2D eigenvalue weighted by Gasteiger charge is -2.17. The van der Waals surface area contributed by atoms with E-state index in [-0.39, 0.29) is 21.5 Å². The van der Waals surface area contributed by atoms with E-state index in [1.807, 2.05) is 24.3 Å². The van der Waals surface area contributed by atoms with Gasteiger partial charge in [0, 0.05) is 25.7 Å². The first kappa shape index (κ1) is 21.5. The Balaban J connectivity index is 1.38. The normalized spacial score (nSPS) is 16.8. The number of halogens is 1.